The van der Waals surface area contributed by atoms with Gasteiger partial charge in [0.05, 0.1) is 0 Å². The van der Waals surface area contributed by atoms with Crippen LogP contribution in [0.4, 0.5) is 0 Å². The van der Waals surface area contributed by atoms with Crippen LogP contribution < -0.4 is 0 Å². The highest BCUT2D eigenvalue weighted by Crippen LogP contribution is 2.07. The fourth-order valence-electron chi connectivity index (χ4n) is 1.85. The Morgan fingerprint density at radius 2 is 2.00 bits per heavy atom. The monoisotopic (exact) mass is 236 g/mol. The second-order valence-electron chi connectivity index (χ2n) is 4.13. The molecule has 0 aliphatic heterocycles. The van der Waals surface area contributed by atoms with Crippen molar-refractivity contribution in [2.24, 2.45) is 0 Å². The molecule has 0 atom stereocenters. The molecular formula is C13H20N2O2. The lowest BCUT2D eigenvalue weighted by atomic mass is 10.2. The molecule has 0 aromatic carbocycles. The van der Waals surface area contributed by atoms with E-state index in [9.17, 15) is 4.79 Å². The van der Waals surface area contributed by atoms with Gasteiger partial charge in [0.25, 0.3) is 0 Å². The van der Waals surface area contributed by atoms with Crippen molar-refractivity contribution < 1.29 is 9.90 Å². The summed E-state index contributed by atoms with van der Waals surface area (Å²) < 4.78 is 0. The van der Waals surface area contributed by atoms with Gasteiger partial charge in [-0.05, 0) is 43.6 Å². The SMILES string of the molecule is CCCN(CCC)Cc1ccnc(C(=O)O)c1. The van der Waals surface area contributed by atoms with E-state index in [1.807, 2.05) is 6.07 Å². The molecule has 0 fully saturated rings. The first-order chi connectivity index (χ1) is 8.17. The Morgan fingerprint density at radius 3 is 2.53 bits per heavy atom. The lowest BCUT2D eigenvalue weighted by Crippen LogP contribution is -2.25. The second-order valence-corrected chi connectivity index (χ2v) is 4.13. The number of hydrogen-bond donors (Lipinski definition) is 1. The van der Waals surface area contributed by atoms with Crippen molar-refractivity contribution in [3.63, 3.8) is 0 Å². The molecule has 0 aliphatic carbocycles. The molecule has 0 saturated heterocycles. The maximum Gasteiger partial charge on any atom is 0.354 e. The summed E-state index contributed by atoms with van der Waals surface area (Å²) in [4.78, 5) is 17.0. The normalized spacial score (nSPS) is 10.8. The van der Waals surface area contributed by atoms with Crippen LogP contribution in [0, 0.1) is 0 Å². The number of hydrogen-bond acceptors (Lipinski definition) is 3. The molecule has 94 valence electrons. The lowest BCUT2D eigenvalue weighted by molar-refractivity contribution is 0.0690. The van der Waals surface area contributed by atoms with Crippen LogP contribution in [0.1, 0.15) is 42.7 Å². The number of carbonyl (C=O) groups is 1. The van der Waals surface area contributed by atoms with Crippen LogP contribution >= 0.6 is 0 Å². The van der Waals surface area contributed by atoms with Gasteiger partial charge in [-0.25, -0.2) is 9.78 Å². The number of aromatic carboxylic acids is 1. The molecule has 1 heterocycles. The third-order valence-electron chi connectivity index (χ3n) is 2.53. The van der Waals surface area contributed by atoms with Gasteiger partial charge in [0.15, 0.2) is 0 Å². The summed E-state index contributed by atoms with van der Waals surface area (Å²) in [6.07, 6.45) is 3.78. The molecule has 0 aliphatic rings. The van der Waals surface area contributed by atoms with E-state index in [0.717, 1.165) is 38.0 Å². The van der Waals surface area contributed by atoms with Crippen molar-refractivity contribution in [3.8, 4) is 0 Å². The van der Waals surface area contributed by atoms with Crippen molar-refractivity contribution >= 4 is 5.97 Å². The minimum absolute atomic E-state index is 0.121. The van der Waals surface area contributed by atoms with Crippen LogP contribution in [0.5, 0.6) is 0 Å². The molecular weight excluding hydrogens is 216 g/mol. The average molecular weight is 236 g/mol. The molecule has 1 aromatic heterocycles. The molecule has 0 radical (unpaired) electrons. The van der Waals surface area contributed by atoms with Crippen molar-refractivity contribution in [2.45, 2.75) is 33.2 Å². The third kappa shape index (κ3) is 4.53. The smallest absolute Gasteiger partial charge is 0.354 e. The van der Waals surface area contributed by atoms with E-state index < -0.39 is 5.97 Å². The zero-order valence-corrected chi connectivity index (χ0v) is 10.5. The molecule has 1 N–H and O–H groups in total. The number of aromatic nitrogens is 1. The first kappa shape index (κ1) is 13.6. The highest BCUT2D eigenvalue weighted by atomic mass is 16.4. The fraction of sp³-hybridized carbons (Fsp3) is 0.538. The second kappa shape index (κ2) is 7.01. The van der Waals surface area contributed by atoms with Crippen LogP contribution in [-0.2, 0) is 6.54 Å². The number of pyridine rings is 1. The Morgan fingerprint density at radius 1 is 1.35 bits per heavy atom. The maximum atomic E-state index is 10.8. The van der Waals surface area contributed by atoms with E-state index in [-0.39, 0.29) is 5.69 Å². The Labute approximate surface area is 102 Å². The van der Waals surface area contributed by atoms with Crippen LogP contribution in [0.15, 0.2) is 18.3 Å². The third-order valence-corrected chi connectivity index (χ3v) is 2.53. The molecule has 1 aromatic rings. The van der Waals surface area contributed by atoms with Crippen LogP contribution in [-0.4, -0.2) is 34.0 Å². The van der Waals surface area contributed by atoms with Gasteiger partial charge in [0.1, 0.15) is 5.69 Å². The average Bonchev–Trinajstić information content (AvgIpc) is 2.30. The molecule has 4 nitrogen and oxygen atoms in total. The largest absolute Gasteiger partial charge is 0.477 e. The zero-order valence-electron chi connectivity index (χ0n) is 10.5. The minimum atomic E-state index is -0.968. The molecule has 1 rings (SSSR count). The highest BCUT2D eigenvalue weighted by Gasteiger charge is 2.08. The molecule has 17 heavy (non-hydrogen) atoms. The summed E-state index contributed by atoms with van der Waals surface area (Å²) >= 11 is 0. The van der Waals surface area contributed by atoms with E-state index in [1.54, 1.807) is 12.3 Å². The van der Waals surface area contributed by atoms with E-state index in [4.69, 9.17) is 5.11 Å². The van der Waals surface area contributed by atoms with Gasteiger partial charge >= 0.3 is 5.97 Å². The minimum Gasteiger partial charge on any atom is -0.477 e. The summed E-state index contributed by atoms with van der Waals surface area (Å²) in [5.74, 6) is -0.968. The summed E-state index contributed by atoms with van der Waals surface area (Å²) in [6, 6.07) is 3.53. The van der Waals surface area contributed by atoms with E-state index >= 15 is 0 Å². The Hall–Kier alpha value is -1.42. The van der Waals surface area contributed by atoms with E-state index in [1.165, 1.54) is 0 Å². The molecule has 0 saturated carbocycles. The van der Waals surface area contributed by atoms with E-state index in [2.05, 4.69) is 23.7 Å². The summed E-state index contributed by atoms with van der Waals surface area (Å²) in [6.45, 7) is 7.18. The first-order valence-electron chi connectivity index (χ1n) is 6.08. The summed E-state index contributed by atoms with van der Waals surface area (Å²) in [5.41, 5.74) is 1.13. The zero-order chi connectivity index (χ0) is 12.7. The summed E-state index contributed by atoms with van der Waals surface area (Å²) in [5, 5.41) is 8.87. The van der Waals surface area contributed by atoms with Gasteiger partial charge in [0, 0.05) is 12.7 Å². The van der Waals surface area contributed by atoms with Crippen LogP contribution in [0.25, 0.3) is 0 Å². The standard InChI is InChI=1S/C13H20N2O2/c1-3-7-15(8-4-2)10-11-5-6-14-12(9-11)13(16)17/h5-6,9H,3-4,7-8,10H2,1-2H3,(H,16,17). The van der Waals surface area contributed by atoms with Gasteiger partial charge in [-0.3, -0.25) is 4.90 Å². The van der Waals surface area contributed by atoms with Gasteiger partial charge in [-0.15, -0.1) is 0 Å². The van der Waals surface area contributed by atoms with Crippen LogP contribution in [0.2, 0.25) is 0 Å². The predicted molar refractivity (Wildman–Crippen MR) is 67.1 cm³/mol. The Kier molecular flexibility index (Phi) is 5.63. The van der Waals surface area contributed by atoms with Crippen molar-refractivity contribution in [2.75, 3.05) is 13.1 Å². The number of rotatable bonds is 7. The highest BCUT2D eigenvalue weighted by molar-refractivity contribution is 5.85. The van der Waals surface area contributed by atoms with Crippen molar-refractivity contribution in [1.82, 2.24) is 9.88 Å². The first-order valence-corrected chi connectivity index (χ1v) is 6.08. The molecule has 0 bridgehead atoms. The van der Waals surface area contributed by atoms with Crippen LogP contribution in [0.3, 0.4) is 0 Å². The maximum absolute atomic E-state index is 10.8. The quantitative estimate of drug-likeness (QED) is 0.789. The van der Waals surface area contributed by atoms with Gasteiger partial charge in [0.2, 0.25) is 0 Å². The topological polar surface area (TPSA) is 53.4 Å². The van der Waals surface area contributed by atoms with Gasteiger partial charge in [-0.2, -0.15) is 0 Å². The number of carboxylic acids is 1. The summed E-state index contributed by atoms with van der Waals surface area (Å²) in [7, 11) is 0. The fourth-order valence-corrected chi connectivity index (χ4v) is 1.85. The molecule has 0 spiro atoms. The van der Waals surface area contributed by atoms with Crippen molar-refractivity contribution in [1.29, 1.82) is 0 Å². The predicted octanol–water partition coefficient (Wildman–Crippen LogP) is 2.40. The van der Waals surface area contributed by atoms with Crippen molar-refractivity contribution in [3.05, 3.63) is 29.6 Å². The Balaban J connectivity index is 2.71. The van der Waals surface area contributed by atoms with E-state index in [0.29, 0.717) is 0 Å². The van der Waals surface area contributed by atoms with Gasteiger partial charge in [-0.1, -0.05) is 13.8 Å². The van der Waals surface area contributed by atoms with Gasteiger partial charge < -0.3 is 5.11 Å². The molecule has 0 amide bonds. The lowest BCUT2D eigenvalue weighted by Gasteiger charge is -2.20. The Bertz CT molecular complexity index is 360. The number of nitrogens with zero attached hydrogens (tertiary/aromatic N) is 2. The molecule has 0 unspecified atom stereocenters. The molecule has 4 heteroatoms. The number of carboxylic acid groups (broad SMARTS) is 1.